The molecule has 0 saturated heterocycles. The Bertz CT molecular complexity index is 1460. The van der Waals surface area contributed by atoms with E-state index >= 15 is 0 Å². The highest BCUT2D eigenvalue weighted by atomic mass is 32.2. The number of amides is 1. The number of thiazole rings is 1. The number of nitrogens with one attached hydrogen (secondary N) is 1. The summed E-state index contributed by atoms with van der Waals surface area (Å²) in [6.07, 6.45) is 6.28. The van der Waals surface area contributed by atoms with Crippen LogP contribution in [0.15, 0.2) is 52.2 Å². The van der Waals surface area contributed by atoms with Gasteiger partial charge in [-0.1, -0.05) is 53.9 Å². The molecule has 0 radical (unpaired) electrons. The summed E-state index contributed by atoms with van der Waals surface area (Å²) in [6, 6.07) is 10.4. The van der Waals surface area contributed by atoms with E-state index < -0.39 is 0 Å². The van der Waals surface area contributed by atoms with Crippen molar-refractivity contribution in [3.63, 3.8) is 0 Å². The molecule has 0 saturated carbocycles. The van der Waals surface area contributed by atoms with Crippen LogP contribution in [-0.2, 0) is 23.4 Å². The van der Waals surface area contributed by atoms with E-state index in [2.05, 4.69) is 44.8 Å². The van der Waals surface area contributed by atoms with E-state index in [-0.39, 0.29) is 11.7 Å². The van der Waals surface area contributed by atoms with E-state index in [4.69, 9.17) is 4.98 Å². The largest absolute Gasteiger partial charge is 0.301 e. The number of carbonyl (C=O) groups excluding carboxylic acids is 1. The molecule has 0 unspecified atom stereocenters. The minimum absolute atomic E-state index is 0.114. The first-order valence-electron chi connectivity index (χ1n) is 10.9. The Morgan fingerprint density at radius 2 is 1.97 bits per heavy atom. The monoisotopic (exact) mass is 524 g/mol. The van der Waals surface area contributed by atoms with Crippen LogP contribution in [0, 0.1) is 0 Å². The van der Waals surface area contributed by atoms with Crippen LogP contribution in [0.5, 0.6) is 0 Å². The fourth-order valence-electron chi connectivity index (χ4n) is 4.09. The first-order chi connectivity index (χ1) is 16.8. The van der Waals surface area contributed by atoms with E-state index in [9.17, 15) is 4.79 Å². The maximum Gasteiger partial charge on any atom is 0.236 e. The lowest BCUT2D eigenvalue weighted by molar-refractivity contribution is -0.113. The van der Waals surface area contributed by atoms with Crippen LogP contribution < -0.4 is 5.32 Å². The van der Waals surface area contributed by atoms with Crippen molar-refractivity contribution in [1.29, 1.82) is 0 Å². The second-order valence-corrected chi connectivity index (χ2v) is 11.7. The van der Waals surface area contributed by atoms with Gasteiger partial charge in [0, 0.05) is 22.2 Å². The van der Waals surface area contributed by atoms with Crippen LogP contribution in [0.1, 0.15) is 28.8 Å². The van der Waals surface area contributed by atoms with Crippen LogP contribution >= 0.6 is 46.2 Å². The maximum atomic E-state index is 12.5. The molecular weight excluding hydrogens is 505 g/mol. The number of benzene rings is 1. The molecule has 34 heavy (non-hydrogen) atoms. The molecule has 0 fully saturated rings. The molecular formula is C23H20N6OS4. The van der Waals surface area contributed by atoms with Gasteiger partial charge in [0.2, 0.25) is 5.91 Å². The zero-order valence-electron chi connectivity index (χ0n) is 18.1. The minimum atomic E-state index is -0.114. The van der Waals surface area contributed by atoms with Gasteiger partial charge in [0.1, 0.15) is 4.83 Å². The molecule has 0 bridgehead atoms. The predicted molar refractivity (Wildman–Crippen MR) is 140 cm³/mol. The highest BCUT2D eigenvalue weighted by molar-refractivity contribution is 8.00. The van der Waals surface area contributed by atoms with Gasteiger partial charge in [-0.05, 0) is 36.8 Å². The lowest BCUT2D eigenvalue weighted by Gasteiger charge is -2.11. The van der Waals surface area contributed by atoms with Gasteiger partial charge in [-0.25, -0.2) is 14.4 Å². The summed E-state index contributed by atoms with van der Waals surface area (Å²) < 4.78 is 2.04. The van der Waals surface area contributed by atoms with Gasteiger partial charge in [-0.2, -0.15) is 0 Å². The van der Waals surface area contributed by atoms with Gasteiger partial charge in [0.15, 0.2) is 21.1 Å². The summed E-state index contributed by atoms with van der Waals surface area (Å²) in [7, 11) is 0. The van der Waals surface area contributed by atoms with E-state index in [1.54, 1.807) is 29.3 Å². The minimum Gasteiger partial charge on any atom is -0.301 e. The second-order valence-electron chi connectivity index (χ2n) is 7.88. The van der Waals surface area contributed by atoms with Gasteiger partial charge in [0.05, 0.1) is 11.1 Å². The number of hydrogen-bond acceptors (Lipinski definition) is 9. The number of anilines is 1. The van der Waals surface area contributed by atoms with Crippen LogP contribution in [0.3, 0.4) is 0 Å². The van der Waals surface area contributed by atoms with Crippen LogP contribution in [-0.4, -0.2) is 36.2 Å². The van der Waals surface area contributed by atoms with Crippen LogP contribution in [0.2, 0.25) is 0 Å². The van der Waals surface area contributed by atoms with Crippen molar-refractivity contribution in [3.8, 4) is 0 Å². The molecule has 6 rings (SSSR count). The van der Waals surface area contributed by atoms with E-state index in [0.717, 1.165) is 39.6 Å². The average molecular weight is 525 g/mol. The summed E-state index contributed by atoms with van der Waals surface area (Å²) in [5, 5.41) is 17.0. The Labute approximate surface area is 212 Å². The number of thioether (sulfide) groups is 2. The molecule has 1 aromatic carbocycles. The van der Waals surface area contributed by atoms with Crippen molar-refractivity contribution in [2.45, 2.75) is 41.7 Å². The highest BCUT2D eigenvalue weighted by Gasteiger charge is 2.24. The Balaban J connectivity index is 1.36. The van der Waals surface area contributed by atoms with E-state index in [1.807, 2.05) is 15.8 Å². The molecule has 7 nitrogen and oxygen atoms in total. The number of nitrogens with zero attached hydrogens (tertiary/aromatic N) is 5. The number of carbonyl (C=O) groups is 1. The molecule has 11 heteroatoms. The van der Waals surface area contributed by atoms with Crippen LogP contribution in [0.25, 0.3) is 15.9 Å². The van der Waals surface area contributed by atoms with Gasteiger partial charge in [0.25, 0.3) is 0 Å². The second kappa shape index (κ2) is 9.65. The van der Waals surface area contributed by atoms with Crippen molar-refractivity contribution < 1.29 is 4.79 Å². The smallest absolute Gasteiger partial charge is 0.236 e. The number of fused-ring (bicyclic) bond motifs is 5. The fourth-order valence-corrected chi connectivity index (χ4v) is 7.68. The zero-order chi connectivity index (χ0) is 22.9. The first-order valence-corrected chi connectivity index (χ1v) is 14.6. The molecule has 1 aliphatic rings. The quantitative estimate of drug-likeness (QED) is 0.216. The van der Waals surface area contributed by atoms with Gasteiger partial charge < -0.3 is 5.32 Å². The molecule has 4 aromatic heterocycles. The van der Waals surface area contributed by atoms with Gasteiger partial charge >= 0.3 is 0 Å². The zero-order valence-corrected chi connectivity index (χ0v) is 21.3. The molecule has 172 valence electrons. The van der Waals surface area contributed by atoms with Crippen molar-refractivity contribution in [2.75, 3.05) is 11.1 Å². The molecule has 1 aliphatic carbocycles. The number of hydrogen-bond donors (Lipinski definition) is 1. The molecule has 4 heterocycles. The summed E-state index contributed by atoms with van der Waals surface area (Å²) in [5.74, 6) is 0.909. The lowest BCUT2D eigenvalue weighted by Crippen LogP contribution is -2.14. The summed E-state index contributed by atoms with van der Waals surface area (Å²) in [5.41, 5.74) is 3.47. The Morgan fingerprint density at radius 1 is 1.09 bits per heavy atom. The summed E-state index contributed by atoms with van der Waals surface area (Å²) in [6.45, 7) is 0. The highest BCUT2D eigenvalue weighted by Crippen LogP contribution is 2.40. The number of thiophene rings is 1. The van der Waals surface area contributed by atoms with Crippen molar-refractivity contribution in [2.24, 2.45) is 0 Å². The van der Waals surface area contributed by atoms with Crippen molar-refractivity contribution >= 4 is 73.1 Å². The summed E-state index contributed by atoms with van der Waals surface area (Å²) >= 11 is 6.25. The Morgan fingerprint density at radius 3 is 2.82 bits per heavy atom. The van der Waals surface area contributed by atoms with Crippen LogP contribution in [0.4, 0.5) is 5.13 Å². The molecule has 5 aromatic rings. The number of rotatable bonds is 7. The maximum absolute atomic E-state index is 12.5. The summed E-state index contributed by atoms with van der Waals surface area (Å²) in [4.78, 5) is 24.1. The molecule has 0 aliphatic heterocycles. The third-order valence-corrected chi connectivity index (χ3v) is 9.43. The number of aryl methyl sites for hydroxylation is 2. The van der Waals surface area contributed by atoms with E-state index in [1.165, 1.54) is 51.9 Å². The lowest BCUT2D eigenvalue weighted by atomic mass is 9.97. The fraction of sp³-hybridized carbons (Fsp3) is 0.261. The predicted octanol–water partition coefficient (Wildman–Crippen LogP) is 5.70. The molecule has 1 amide bonds. The van der Waals surface area contributed by atoms with Gasteiger partial charge in [-0.15, -0.1) is 32.9 Å². The van der Waals surface area contributed by atoms with Gasteiger partial charge in [-0.3, -0.25) is 4.79 Å². The molecule has 0 spiro atoms. The first kappa shape index (κ1) is 22.0. The third kappa shape index (κ3) is 4.33. The third-order valence-electron chi connectivity index (χ3n) is 5.62. The Kier molecular flexibility index (Phi) is 6.25. The molecule has 1 N–H and O–H groups in total. The Hall–Kier alpha value is -2.47. The normalized spacial score (nSPS) is 13.4. The van der Waals surface area contributed by atoms with E-state index in [0.29, 0.717) is 10.3 Å². The van der Waals surface area contributed by atoms with Crippen molar-refractivity contribution in [1.82, 2.24) is 24.6 Å². The van der Waals surface area contributed by atoms with Crippen molar-refractivity contribution in [3.05, 3.63) is 57.9 Å². The molecule has 0 atom stereocenters. The standard InChI is InChI=1S/C23H20N6OS4/c30-17(25-21-24-10-11-31-21)13-33-23-28-27-19-18-15-8-4-5-9-16(15)34-20(18)26-22(29(19)23)32-12-14-6-2-1-3-7-14/h1-3,6-7,10-11H,4-5,8-9,12-13H2,(H,24,25,30). The SMILES string of the molecule is O=C(CSc1nnc2c3c4c(sc3nc(SCc3ccccc3)n12)CCCC4)Nc1nccs1. The topological polar surface area (TPSA) is 85.1 Å². The average Bonchev–Trinajstić information content (AvgIpc) is 3.60. The number of aromatic nitrogens is 5.